The van der Waals surface area contributed by atoms with Gasteiger partial charge in [0.05, 0.1) is 11.6 Å². The summed E-state index contributed by atoms with van der Waals surface area (Å²) in [5, 5.41) is 4.92. The second kappa shape index (κ2) is 7.38. The molecule has 2 aromatic carbocycles. The third kappa shape index (κ3) is 4.54. The highest BCUT2D eigenvalue weighted by Crippen LogP contribution is 2.19. The van der Waals surface area contributed by atoms with Crippen LogP contribution in [-0.4, -0.2) is 18.4 Å². The van der Waals surface area contributed by atoms with Gasteiger partial charge in [-0.1, -0.05) is 33.6 Å². The lowest BCUT2D eigenvalue weighted by Gasteiger charge is -2.08. The zero-order chi connectivity index (χ0) is 16.1. The average Bonchev–Trinajstić information content (AvgIpc) is 2.48. The van der Waals surface area contributed by atoms with E-state index in [4.69, 9.17) is 11.6 Å². The molecule has 114 valence electrons. The van der Waals surface area contributed by atoms with Gasteiger partial charge in [-0.25, -0.2) is 4.39 Å². The minimum absolute atomic E-state index is 0.0871. The molecule has 0 aliphatic carbocycles. The highest BCUT2D eigenvalue weighted by molar-refractivity contribution is 9.10. The second-order valence-corrected chi connectivity index (χ2v) is 5.69. The van der Waals surface area contributed by atoms with Crippen molar-refractivity contribution >= 4 is 45.0 Å². The van der Waals surface area contributed by atoms with Gasteiger partial charge in [0.1, 0.15) is 5.82 Å². The van der Waals surface area contributed by atoms with E-state index in [0.717, 1.165) is 10.5 Å². The van der Waals surface area contributed by atoms with Crippen molar-refractivity contribution in [2.45, 2.75) is 0 Å². The molecule has 2 aromatic rings. The summed E-state index contributed by atoms with van der Waals surface area (Å²) >= 11 is 8.88. The van der Waals surface area contributed by atoms with Crippen LogP contribution >= 0.6 is 27.5 Å². The lowest BCUT2D eigenvalue weighted by Crippen LogP contribution is -2.32. The summed E-state index contributed by atoms with van der Waals surface area (Å²) in [5.41, 5.74) is 0.792. The Morgan fingerprint density at radius 3 is 2.64 bits per heavy atom. The number of anilines is 1. The van der Waals surface area contributed by atoms with Crippen LogP contribution in [0.5, 0.6) is 0 Å². The summed E-state index contributed by atoms with van der Waals surface area (Å²) in [4.78, 5) is 23.6. The molecule has 0 aliphatic heterocycles. The van der Waals surface area contributed by atoms with E-state index >= 15 is 0 Å². The van der Waals surface area contributed by atoms with Gasteiger partial charge in [-0.15, -0.1) is 0 Å². The predicted octanol–water partition coefficient (Wildman–Crippen LogP) is 3.61. The normalized spacial score (nSPS) is 10.1. The lowest BCUT2D eigenvalue weighted by molar-refractivity contribution is -0.115. The number of carbonyl (C=O) groups excluding carboxylic acids is 2. The van der Waals surface area contributed by atoms with Gasteiger partial charge in [0.15, 0.2) is 0 Å². The van der Waals surface area contributed by atoms with E-state index in [1.807, 2.05) is 0 Å². The summed E-state index contributed by atoms with van der Waals surface area (Å²) < 4.78 is 13.8. The van der Waals surface area contributed by atoms with E-state index in [1.54, 1.807) is 24.3 Å². The first-order chi connectivity index (χ1) is 10.5. The summed E-state index contributed by atoms with van der Waals surface area (Å²) in [6, 6.07) is 10.6. The summed E-state index contributed by atoms with van der Waals surface area (Å²) in [6.07, 6.45) is 0. The maximum Gasteiger partial charge on any atom is 0.251 e. The average molecular weight is 386 g/mol. The van der Waals surface area contributed by atoms with E-state index in [9.17, 15) is 14.0 Å². The van der Waals surface area contributed by atoms with Crippen LogP contribution in [0, 0.1) is 5.82 Å². The van der Waals surface area contributed by atoms with Crippen molar-refractivity contribution in [3.05, 3.63) is 63.3 Å². The molecule has 4 nitrogen and oxygen atoms in total. The molecule has 0 aliphatic rings. The van der Waals surface area contributed by atoms with Crippen LogP contribution in [0.4, 0.5) is 10.1 Å². The summed E-state index contributed by atoms with van der Waals surface area (Å²) in [7, 11) is 0. The number of benzene rings is 2. The molecule has 0 heterocycles. The molecule has 22 heavy (non-hydrogen) atoms. The van der Waals surface area contributed by atoms with Crippen LogP contribution in [0.15, 0.2) is 46.9 Å². The fourth-order valence-electron chi connectivity index (χ4n) is 1.67. The van der Waals surface area contributed by atoms with Gasteiger partial charge in [0, 0.05) is 15.7 Å². The van der Waals surface area contributed by atoms with Crippen molar-refractivity contribution < 1.29 is 14.0 Å². The molecule has 0 atom stereocenters. The van der Waals surface area contributed by atoms with Crippen LogP contribution in [0.2, 0.25) is 5.02 Å². The number of hydrogen-bond acceptors (Lipinski definition) is 2. The third-order valence-electron chi connectivity index (χ3n) is 2.70. The Hall–Kier alpha value is -1.92. The minimum Gasteiger partial charge on any atom is -0.343 e. The molecule has 0 spiro atoms. The quantitative estimate of drug-likeness (QED) is 0.845. The molecule has 2 N–H and O–H groups in total. The first-order valence-electron chi connectivity index (χ1n) is 6.24. The summed E-state index contributed by atoms with van der Waals surface area (Å²) in [5.74, 6) is -1.37. The molecule has 0 bridgehead atoms. The van der Waals surface area contributed by atoms with Crippen molar-refractivity contribution in [2.24, 2.45) is 0 Å². The highest BCUT2D eigenvalue weighted by atomic mass is 79.9. The Balaban J connectivity index is 1.90. The molecule has 0 aromatic heterocycles. The van der Waals surface area contributed by atoms with Crippen molar-refractivity contribution in [3.63, 3.8) is 0 Å². The molecule has 0 fully saturated rings. The van der Waals surface area contributed by atoms with E-state index in [2.05, 4.69) is 26.6 Å². The molecule has 7 heteroatoms. The molecule has 0 unspecified atom stereocenters. The van der Waals surface area contributed by atoms with E-state index in [-0.39, 0.29) is 17.5 Å². The molecular formula is C15H11BrClFN2O2. The van der Waals surface area contributed by atoms with E-state index in [0.29, 0.717) is 11.3 Å². The molecule has 0 radical (unpaired) electrons. The Labute approximate surface area is 139 Å². The van der Waals surface area contributed by atoms with Gasteiger partial charge in [-0.05, 0) is 36.4 Å². The fraction of sp³-hybridized carbons (Fsp3) is 0.0667. The fourth-order valence-corrected chi connectivity index (χ4v) is 2.25. The number of halogens is 3. The second-order valence-electron chi connectivity index (χ2n) is 4.37. The number of amides is 2. The SMILES string of the molecule is O=C(CNC(=O)c1cccc(Br)c1)Nc1ccc(F)c(Cl)c1. The Morgan fingerprint density at radius 2 is 1.95 bits per heavy atom. The van der Waals surface area contributed by atoms with Crippen molar-refractivity contribution in [1.29, 1.82) is 0 Å². The number of rotatable bonds is 4. The topological polar surface area (TPSA) is 58.2 Å². The Morgan fingerprint density at radius 1 is 1.18 bits per heavy atom. The first kappa shape index (κ1) is 16.5. The smallest absolute Gasteiger partial charge is 0.251 e. The molecule has 0 saturated carbocycles. The van der Waals surface area contributed by atoms with Gasteiger partial charge in [0.2, 0.25) is 5.91 Å². The number of nitrogens with one attached hydrogen (secondary N) is 2. The zero-order valence-corrected chi connectivity index (χ0v) is 13.5. The predicted molar refractivity (Wildman–Crippen MR) is 86.5 cm³/mol. The molecular weight excluding hydrogens is 375 g/mol. The van der Waals surface area contributed by atoms with Crippen LogP contribution < -0.4 is 10.6 Å². The van der Waals surface area contributed by atoms with Crippen LogP contribution in [0.25, 0.3) is 0 Å². The molecule has 2 amide bonds. The number of carbonyl (C=O) groups is 2. The van der Waals surface area contributed by atoms with Crippen LogP contribution in [0.1, 0.15) is 10.4 Å². The highest BCUT2D eigenvalue weighted by Gasteiger charge is 2.09. The van der Waals surface area contributed by atoms with Gasteiger partial charge in [0.25, 0.3) is 5.91 Å². The van der Waals surface area contributed by atoms with Crippen molar-refractivity contribution in [1.82, 2.24) is 5.32 Å². The monoisotopic (exact) mass is 384 g/mol. The van der Waals surface area contributed by atoms with Gasteiger partial charge < -0.3 is 10.6 Å². The van der Waals surface area contributed by atoms with Crippen LogP contribution in [-0.2, 0) is 4.79 Å². The maximum absolute atomic E-state index is 13.0. The van der Waals surface area contributed by atoms with Crippen molar-refractivity contribution in [2.75, 3.05) is 11.9 Å². The van der Waals surface area contributed by atoms with Gasteiger partial charge >= 0.3 is 0 Å². The lowest BCUT2D eigenvalue weighted by atomic mass is 10.2. The van der Waals surface area contributed by atoms with Crippen LogP contribution in [0.3, 0.4) is 0 Å². The standard InChI is InChI=1S/C15H11BrClFN2O2/c16-10-3-1-2-9(6-10)15(22)19-8-14(21)20-11-4-5-13(18)12(17)7-11/h1-7H,8H2,(H,19,22)(H,20,21). The van der Waals surface area contributed by atoms with Gasteiger partial charge in [-0.2, -0.15) is 0 Å². The number of hydrogen-bond donors (Lipinski definition) is 2. The van der Waals surface area contributed by atoms with Crippen molar-refractivity contribution in [3.8, 4) is 0 Å². The molecule has 0 saturated heterocycles. The third-order valence-corrected chi connectivity index (χ3v) is 3.48. The zero-order valence-electron chi connectivity index (χ0n) is 11.2. The maximum atomic E-state index is 13.0. The first-order valence-corrected chi connectivity index (χ1v) is 7.41. The largest absolute Gasteiger partial charge is 0.343 e. The Bertz CT molecular complexity index is 724. The van der Waals surface area contributed by atoms with Gasteiger partial charge in [-0.3, -0.25) is 9.59 Å². The molecule has 2 rings (SSSR count). The van der Waals surface area contributed by atoms with E-state index < -0.39 is 11.7 Å². The minimum atomic E-state index is -0.567. The summed E-state index contributed by atoms with van der Waals surface area (Å²) in [6.45, 7) is -0.208. The Kier molecular flexibility index (Phi) is 5.51. The van der Waals surface area contributed by atoms with E-state index in [1.165, 1.54) is 12.1 Å².